The van der Waals surface area contributed by atoms with Crippen molar-refractivity contribution in [2.75, 3.05) is 26.8 Å². The molecule has 1 saturated heterocycles. The van der Waals surface area contributed by atoms with Gasteiger partial charge in [0.05, 0.1) is 25.7 Å². The van der Waals surface area contributed by atoms with Crippen LogP contribution in [-0.2, 0) is 4.79 Å². The van der Waals surface area contributed by atoms with Crippen molar-refractivity contribution in [3.63, 3.8) is 0 Å². The van der Waals surface area contributed by atoms with E-state index in [9.17, 15) is 9.59 Å². The maximum Gasteiger partial charge on any atom is 0.317 e. The predicted octanol–water partition coefficient (Wildman–Crippen LogP) is 2.91. The lowest BCUT2D eigenvalue weighted by Crippen LogP contribution is -2.40. The van der Waals surface area contributed by atoms with E-state index in [0.29, 0.717) is 37.0 Å². The molecule has 1 aromatic rings. The highest BCUT2D eigenvalue weighted by Crippen LogP contribution is 2.31. The molecule has 0 spiro atoms. The molecule has 2 N–H and O–H groups in total. The molecule has 26 heavy (non-hydrogen) atoms. The van der Waals surface area contributed by atoms with E-state index in [1.165, 1.54) is 0 Å². The highest BCUT2D eigenvalue weighted by molar-refractivity contribution is 5.77. The number of aliphatic carboxylic acids is 1. The summed E-state index contributed by atoms with van der Waals surface area (Å²) in [6.07, 6.45) is 0.493. The number of carbonyl (C=O) groups excluding carboxylic acids is 1. The molecular weight excluding hydrogens is 336 g/mol. The van der Waals surface area contributed by atoms with Gasteiger partial charge in [0.15, 0.2) is 11.5 Å². The summed E-state index contributed by atoms with van der Waals surface area (Å²) in [5.41, 5.74) is 0.890. The molecule has 7 heteroatoms. The molecule has 2 atom stereocenters. The minimum atomic E-state index is -0.852. The molecule has 1 aliphatic rings. The average molecular weight is 364 g/mol. The van der Waals surface area contributed by atoms with Crippen molar-refractivity contribution in [2.24, 2.45) is 11.8 Å². The number of ether oxygens (including phenoxy) is 2. The Balaban J connectivity index is 1.99. The largest absolute Gasteiger partial charge is 0.493 e. The lowest BCUT2D eigenvalue weighted by molar-refractivity contribution is -0.141. The van der Waals surface area contributed by atoms with Gasteiger partial charge in [-0.05, 0) is 37.0 Å². The van der Waals surface area contributed by atoms with E-state index in [4.69, 9.17) is 14.6 Å². The van der Waals surface area contributed by atoms with Crippen LogP contribution in [0.1, 0.15) is 38.8 Å². The first kappa shape index (κ1) is 19.9. The smallest absolute Gasteiger partial charge is 0.317 e. The highest BCUT2D eigenvalue weighted by atomic mass is 16.5. The lowest BCUT2D eigenvalue weighted by Gasteiger charge is -2.22. The Hall–Kier alpha value is -2.44. The summed E-state index contributed by atoms with van der Waals surface area (Å²) in [5, 5.41) is 12.0. The Kier molecular flexibility index (Phi) is 6.71. The molecule has 1 aliphatic heterocycles. The number of hydrogen-bond acceptors (Lipinski definition) is 4. The van der Waals surface area contributed by atoms with Crippen LogP contribution in [-0.4, -0.2) is 48.8 Å². The summed E-state index contributed by atoms with van der Waals surface area (Å²) < 4.78 is 11.1. The van der Waals surface area contributed by atoms with Crippen molar-refractivity contribution >= 4 is 12.0 Å². The molecule has 0 aliphatic carbocycles. The van der Waals surface area contributed by atoms with Crippen LogP contribution in [0.25, 0.3) is 0 Å². The topological polar surface area (TPSA) is 88.1 Å². The molecule has 0 radical (unpaired) electrons. The number of carbonyl (C=O) groups is 2. The number of urea groups is 1. The van der Waals surface area contributed by atoms with Crippen LogP contribution in [0.3, 0.4) is 0 Å². The molecule has 2 rings (SSSR count). The van der Waals surface area contributed by atoms with E-state index in [2.05, 4.69) is 19.2 Å². The molecule has 144 valence electrons. The summed E-state index contributed by atoms with van der Waals surface area (Å²) in [4.78, 5) is 24.9. The molecule has 1 aromatic carbocycles. The summed E-state index contributed by atoms with van der Waals surface area (Å²) in [5.74, 6) is 0.375. The third-order valence-electron chi connectivity index (χ3n) is 4.42. The van der Waals surface area contributed by atoms with Gasteiger partial charge in [0.1, 0.15) is 0 Å². The van der Waals surface area contributed by atoms with Crippen molar-refractivity contribution in [3.8, 4) is 11.5 Å². The predicted molar refractivity (Wildman–Crippen MR) is 97.6 cm³/mol. The number of hydrogen-bond donors (Lipinski definition) is 2. The lowest BCUT2D eigenvalue weighted by atomic mass is 10.1. The molecular formula is C19H28N2O5. The van der Waals surface area contributed by atoms with Crippen LogP contribution in [0, 0.1) is 11.8 Å². The van der Waals surface area contributed by atoms with E-state index in [-0.39, 0.29) is 18.6 Å². The zero-order chi connectivity index (χ0) is 19.3. The zero-order valence-corrected chi connectivity index (χ0v) is 15.8. The van der Waals surface area contributed by atoms with Crippen LogP contribution in [0.5, 0.6) is 11.5 Å². The van der Waals surface area contributed by atoms with Gasteiger partial charge in [0.2, 0.25) is 0 Å². The first-order valence-electron chi connectivity index (χ1n) is 8.90. The molecule has 2 unspecified atom stereocenters. The number of rotatable bonds is 7. The quantitative estimate of drug-likeness (QED) is 0.777. The summed E-state index contributed by atoms with van der Waals surface area (Å²) in [7, 11) is 1.58. The number of nitrogens with one attached hydrogen (secondary N) is 1. The van der Waals surface area contributed by atoms with Gasteiger partial charge in [-0.25, -0.2) is 4.79 Å². The van der Waals surface area contributed by atoms with E-state index >= 15 is 0 Å². The zero-order valence-electron chi connectivity index (χ0n) is 15.8. The van der Waals surface area contributed by atoms with E-state index in [1.807, 2.05) is 25.1 Å². The Bertz CT molecular complexity index is 647. The second-order valence-electron chi connectivity index (χ2n) is 7.06. The molecule has 7 nitrogen and oxygen atoms in total. The van der Waals surface area contributed by atoms with E-state index < -0.39 is 11.9 Å². The molecule has 0 aromatic heterocycles. The van der Waals surface area contributed by atoms with Crippen LogP contribution in [0.2, 0.25) is 0 Å². The second kappa shape index (κ2) is 8.78. The van der Waals surface area contributed by atoms with Crippen molar-refractivity contribution in [1.29, 1.82) is 0 Å². The van der Waals surface area contributed by atoms with Crippen LogP contribution in [0.4, 0.5) is 4.79 Å². The molecule has 0 saturated carbocycles. The Labute approximate surface area is 154 Å². The molecule has 0 bridgehead atoms. The standard InChI is InChI=1S/C19H28N2O5/c1-12(2)11-26-16-6-5-14(9-17(16)25-4)13(3)20-19(24)21-8-7-15(10-21)18(22)23/h5-6,9,12-13,15H,7-8,10-11H2,1-4H3,(H,20,24)(H,22,23). The Morgan fingerprint density at radius 1 is 1.31 bits per heavy atom. The summed E-state index contributed by atoms with van der Waals surface area (Å²) in [6, 6.07) is 5.10. The summed E-state index contributed by atoms with van der Waals surface area (Å²) in [6.45, 7) is 7.34. The monoisotopic (exact) mass is 364 g/mol. The fourth-order valence-corrected chi connectivity index (χ4v) is 2.84. The van der Waals surface area contributed by atoms with Gasteiger partial charge in [-0.1, -0.05) is 19.9 Å². The van der Waals surface area contributed by atoms with E-state index in [1.54, 1.807) is 12.0 Å². The first-order chi connectivity index (χ1) is 12.3. The average Bonchev–Trinajstić information content (AvgIpc) is 3.10. The molecule has 1 fully saturated rings. The van der Waals surface area contributed by atoms with Crippen molar-refractivity contribution < 1.29 is 24.2 Å². The number of nitrogens with zero attached hydrogens (tertiary/aromatic N) is 1. The third-order valence-corrected chi connectivity index (χ3v) is 4.42. The summed E-state index contributed by atoms with van der Waals surface area (Å²) >= 11 is 0. The maximum absolute atomic E-state index is 12.4. The number of methoxy groups -OCH3 is 1. The maximum atomic E-state index is 12.4. The SMILES string of the molecule is COc1cc(C(C)NC(=O)N2CCC(C(=O)O)C2)ccc1OCC(C)C. The molecule has 1 heterocycles. The number of carboxylic acid groups (broad SMARTS) is 1. The Morgan fingerprint density at radius 2 is 2.04 bits per heavy atom. The third kappa shape index (κ3) is 5.03. The normalized spacial score (nSPS) is 17.9. The number of amides is 2. The number of benzene rings is 1. The van der Waals surface area contributed by atoms with Crippen LogP contribution < -0.4 is 14.8 Å². The van der Waals surface area contributed by atoms with Crippen molar-refractivity contribution in [3.05, 3.63) is 23.8 Å². The van der Waals surface area contributed by atoms with Gasteiger partial charge in [0.25, 0.3) is 0 Å². The van der Waals surface area contributed by atoms with Crippen molar-refractivity contribution in [1.82, 2.24) is 10.2 Å². The van der Waals surface area contributed by atoms with E-state index in [0.717, 1.165) is 5.56 Å². The fraction of sp³-hybridized carbons (Fsp3) is 0.579. The Morgan fingerprint density at radius 3 is 2.62 bits per heavy atom. The van der Waals surface area contributed by atoms with Gasteiger partial charge >= 0.3 is 12.0 Å². The van der Waals surface area contributed by atoms with Gasteiger partial charge in [-0.3, -0.25) is 4.79 Å². The fourth-order valence-electron chi connectivity index (χ4n) is 2.84. The first-order valence-corrected chi connectivity index (χ1v) is 8.90. The van der Waals surface area contributed by atoms with Gasteiger partial charge in [-0.2, -0.15) is 0 Å². The number of carboxylic acids is 1. The van der Waals surface area contributed by atoms with Gasteiger partial charge < -0.3 is 24.8 Å². The minimum absolute atomic E-state index is 0.237. The number of likely N-dealkylation sites (tertiary alicyclic amines) is 1. The molecule has 2 amide bonds. The van der Waals surface area contributed by atoms with Gasteiger partial charge in [-0.15, -0.1) is 0 Å². The second-order valence-corrected chi connectivity index (χ2v) is 7.06. The van der Waals surface area contributed by atoms with Crippen LogP contribution >= 0.6 is 0 Å². The van der Waals surface area contributed by atoms with Gasteiger partial charge in [0, 0.05) is 13.1 Å². The van der Waals surface area contributed by atoms with Crippen LogP contribution in [0.15, 0.2) is 18.2 Å². The minimum Gasteiger partial charge on any atom is -0.493 e. The highest BCUT2D eigenvalue weighted by Gasteiger charge is 2.31. The van der Waals surface area contributed by atoms with Crippen molar-refractivity contribution in [2.45, 2.75) is 33.2 Å².